The molecule has 3 aromatic rings. The van der Waals surface area contributed by atoms with Crippen molar-refractivity contribution in [2.75, 3.05) is 5.32 Å². The van der Waals surface area contributed by atoms with Gasteiger partial charge < -0.3 is 5.32 Å². The summed E-state index contributed by atoms with van der Waals surface area (Å²) in [5.74, 6) is -0.292. The summed E-state index contributed by atoms with van der Waals surface area (Å²) in [5.41, 5.74) is 1.75. The average Bonchev–Trinajstić information content (AvgIpc) is 3.04. The molecular formula is C14H9BrClN5O. The fourth-order valence-corrected chi connectivity index (χ4v) is 2.44. The van der Waals surface area contributed by atoms with Crippen molar-refractivity contribution < 1.29 is 4.79 Å². The third-order valence-corrected chi connectivity index (χ3v) is 3.71. The van der Waals surface area contributed by atoms with Crippen LogP contribution in [0.3, 0.4) is 0 Å². The molecule has 0 bridgehead atoms. The molecule has 0 fully saturated rings. The largest absolute Gasteiger partial charge is 0.322 e. The van der Waals surface area contributed by atoms with Gasteiger partial charge in [0.1, 0.15) is 6.33 Å². The van der Waals surface area contributed by atoms with Crippen LogP contribution in [0.25, 0.3) is 5.69 Å². The molecule has 2 aromatic carbocycles. The smallest absolute Gasteiger partial charge is 0.257 e. The number of rotatable bonds is 3. The molecule has 110 valence electrons. The Bertz CT molecular complexity index is 822. The molecule has 0 aliphatic heterocycles. The highest BCUT2D eigenvalue weighted by Crippen LogP contribution is 2.22. The fourth-order valence-electron chi connectivity index (χ4n) is 1.88. The zero-order valence-electron chi connectivity index (χ0n) is 11.1. The molecule has 1 heterocycles. The predicted molar refractivity (Wildman–Crippen MR) is 86.3 cm³/mol. The molecule has 3 rings (SSSR count). The van der Waals surface area contributed by atoms with Crippen LogP contribution >= 0.6 is 27.5 Å². The molecule has 1 amide bonds. The lowest BCUT2D eigenvalue weighted by molar-refractivity contribution is 0.102. The van der Waals surface area contributed by atoms with Gasteiger partial charge in [0.05, 0.1) is 16.3 Å². The number of hydrogen-bond acceptors (Lipinski definition) is 4. The summed E-state index contributed by atoms with van der Waals surface area (Å²) in [6.07, 6.45) is 1.48. The summed E-state index contributed by atoms with van der Waals surface area (Å²) in [5, 5.41) is 14.2. The molecule has 0 saturated carbocycles. The van der Waals surface area contributed by atoms with Gasteiger partial charge in [0.15, 0.2) is 0 Å². The van der Waals surface area contributed by atoms with Crippen molar-refractivity contribution >= 4 is 39.1 Å². The summed E-state index contributed by atoms with van der Waals surface area (Å²) in [4.78, 5) is 12.3. The first-order valence-electron chi connectivity index (χ1n) is 6.23. The molecule has 0 aliphatic rings. The maximum Gasteiger partial charge on any atom is 0.257 e. The Kier molecular flexibility index (Phi) is 4.17. The van der Waals surface area contributed by atoms with E-state index in [1.54, 1.807) is 36.4 Å². The molecule has 0 spiro atoms. The van der Waals surface area contributed by atoms with E-state index in [0.29, 0.717) is 16.3 Å². The maximum absolute atomic E-state index is 12.3. The van der Waals surface area contributed by atoms with Gasteiger partial charge in [-0.2, -0.15) is 0 Å². The molecule has 0 atom stereocenters. The lowest BCUT2D eigenvalue weighted by atomic mass is 10.2. The van der Waals surface area contributed by atoms with Crippen LogP contribution in [0.4, 0.5) is 5.69 Å². The Morgan fingerprint density at radius 3 is 2.86 bits per heavy atom. The first-order valence-corrected chi connectivity index (χ1v) is 7.40. The maximum atomic E-state index is 12.3. The van der Waals surface area contributed by atoms with Crippen molar-refractivity contribution in [3.8, 4) is 5.69 Å². The number of nitrogens with one attached hydrogen (secondary N) is 1. The van der Waals surface area contributed by atoms with Crippen molar-refractivity contribution in [3.05, 3.63) is 63.9 Å². The van der Waals surface area contributed by atoms with E-state index in [4.69, 9.17) is 11.6 Å². The Balaban J connectivity index is 1.85. The van der Waals surface area contributed by atoms with E-state index in [0.717, 1.165) is 10.2 Å². The van der Waals surface area contributed by atoms with E-state index in [1.807, 2.05) is 6.07 Å². The van der Waals surface area contributed by atoms with Gasteiger partial charge in [-0.05, 0) is 46.8 Å². The van der Waals surface area contributed by atoms with E-state index >= 15 is 0 Å². The normalized spacial score (nSPS) is 10.5. The highest BCUT2D eigenvalue weighted by Gasteiger charge is 2.11. The number of anilines is 1. The van der Waals surface area contributed by atoms with Gasteiger partial charge in [-0.15, -0.1) is 5.10 Å². The highest BCUT2D eigenvalue weighted by molar-refractivity contribution is 9.10. The van der Waals surface area contributed by atoms with E-state index in [9.17, 15) is 4.79 Å². The summed E-state index contributed by atoms with van der Waals surface area (Å²) in [6, 6.07) is 12.3. The van der Waals surface area contributed by atoms with Crippen molar-refractivity contribution in [1.29, 1.82) is 0 Å². The molecular weight excluding hydrogens is 370 g/mol. The molecule has 8 heteroatoms. The third kappa shape index (κ3) is 3.15. The molecule has 0 aliphatic carbocycles. The minimum atomic E-state index is -0.292. The Hall–Kier alpha value is -2.25. The number of nitrogens with zero attached hydrogens (tertiary/aromatic N) is 4. The molecule has 0 radical (unpaired) electrons. The van der Waals surface area contributed by atoms with Gasteiger partial charge >= 0.3 is 0 Å². The highest BCUT2D eigenvalue weighted by atomic mass is 79.9. The van der Waals surface area contributed by atoms with E-state index in [-0.39, 0.29) is 5.91 Å². The molecule has 0 saturated heterocycles. The quantitative estimate of drug-likeness (QED) is 0.759. The fraction of sp³-hybridized carbons (Fsp3) is 0. The van der Waals surface area contributed by atoms with Crippen LogP contribution in [0.2, 0.25) is 5.02 Å². The zero-order valence-corrected chi connectivity index (χ0v) is 13.4. The van der Waals surface area contributed by atoms with Crippen molar-refractivity contribution in [1.82, 2.24) is 20.2 Å². The second kappa shape index (κ2) is 6.25. The second-order valence-corrected chi connectivity index (χ2v) is 5.71. The topological polar surface area (TPSA) is 72.7 Å². The van der Waals surface area contributed by atoms with Crippen LogP contribution < -0.4 is 5.32 Å². The van der Waals surface area contributed by atoms with Crippen LogP contribution in [-0.2, 0) is 0 Å². The SMILES string of the molecule is O=C(Nc1cccc(-n2cnnn2)c1)c1cc(Br)ccc1Cl. The van der Waals surface area contributed by atoms with Crippen molar-refractivity contribution in [2.45, 2.75) is 0 Å². The van der Waals surface area contributed by atoms with Crippen molar-refractivity contribution in [3.63, 3.8) is 0 Å². The number of benzene rings is 2. The van der Waals surface area contributed by atoms with E-state index < -0.39 is 0 Å². The Labute approximate surface area is 139 Å². The Morgan fingerprint density at radius 2 is 2.09 bits per heavy atom. The van der Waals surface area contributed by atoms with Crippen LogP contribution in [0.1, 0.15) is 10.4 Å². The summed E-state index contributed by atoms with van der Waals surface area (Å²) < 4.78 is 2.28. The molecule has 6 nitrogen and oxygen atoms in total. The number of halogens is 2. The molecule has 1 N–H and O–H groups in total. The van der Waals surface area contributed by atoms with E-state index in [1.165, 1.54) is 11.0 Å². The van der Waals surface area contributed by atoms with Gasteiger partial charge in [0.2, 0.25) is 0 Å². The van der Waals surface area contributed by atoms with Crippen LogP contribution in [0.15, 0.2) is 53.3 Å². The number of tetrazole rings is 1. The third-order valence-electron chi connectivity index (χ3n) is 2.89. The van der Waals surface area contributed by atoms with Gasteiger partial charge in [-0.1, -0.05) is 33.6 Å². The molecule has 0 unspecified atom stereocenters. The minimum absolute atomic E-state index is 0.292. The first-order chi connectivity index (χ1) is 10.6. The van der Waals surface area contributed by atoms with Crippen LogP contribution in [-0.4, -0.2) is 26.1 Å². The predicted octanol–water partition coefficient (Wildman–Crippen LogP) is 3.33. The summed E-state index contributed by atoms with van der Waals surface area (Å²) in [6.45, 7) is 0. The summed E-state index contributed by atoms with van der Waals surface area (Å²) >= 11 is 9.38. The number of carbonyl (C=O) groups excluding carboxylic acids is 1. The zero-order chi connectivity index (χ0) is 15.5. The lowest BCUT2D eigenvalue weighted by Crippen LogP contribution is -2.12. The van der Waals surface area contributed by atoms with Crippen molar-refractivity contribution in [2.24, 2.45) is 0 Å². The van der Waals surface area contributed by atoms with Gasteiger partial charge in [-0.25, -0.2) is 4.68 Å². The molecule has 1 aromatic heterocycles. The first kappa shape index (κ1) is 14.7. The number of hydrogen-bond donors (Lipinski definition) is 1. The summed E-state index contributed by atoms with van der Waals surface area (Å²) in [7, 11) is 0. The Morgan fingerprint density at radius 1 is 1.23 bits per heavy atom. The number of aromatic nitrogens is 4. The number of carbonyl (C=O) groups is 1. The average molecular weight is 379 g/mol. The lowest BCUT2D eigenvalue weighted by Gasteiger charge is -2.08. The van der Waals surface area contributed by atoms with E-state index in [2.05, 4.69) is 36.8 Å². The van der Waals surface area contributed by atoms with Crippen LogP contribution in [0, 0.1) is 0 Å². The minimum Gasteiger partial charge on any atom is -0.322 e. The van der Waals surface area contributed by atoms with Crippen LogP contribution in [0.5, 0.6) is 0 Å². The number of amides is 1. The standard InChI is InChI=1S/C14H9BrClN5O/c15-9-4-5-13(16)12(6-9)14(22)18-10-2-1-3-11(7-10)21-8-17-19-20-21/h1-8H,(H,18,22). The molecule has 22 heavy (non-hydrogen) atoms. The van der Waals surface area contributed by atoms with Gasteiger partial charge in [-0.3, -0.25) is 4.79 Å². The van der Waals surface area contributed by atoms with Gasteiger partial charge in [0.25, 0.3) is 5.91 Å². The van der Waals surface area contributed by atoms with Gasteiger partial charge in [0, 0.05) is 10.2 Å². The monoisotopic (exact) mass is 377 g/mol. The second-order valence-electron chi connectivity index (χ2n) is 4.38.